The van der Waals surface area contributed by atoms with Crippen LogP contribution in [0.25, 0.3) is 5.69 Å². The third-order valence-corrected chi connectivity index (χ3v) is 7.13. The van der Waals surface area contributed by atoms with Gasteiger partial charge in [-0.25, -0.2) is 0 Å². The van der Waals surface area contributed by atoms with E-state index in [-0.39, 0.29) is 12.1 Å². The second kappa shape index (κ2) is 9.37. The van der Waals surface area contributed by atoms with Crippen LogP contribution in [0.4, 0.5) is 0 Å². The van der Waals surface area contributed by atoms with Gasteiger partial charge in [0, 0.05) is 41.5 Å². The molecule has 4 aromatic rings. The van der Waals surface area contributed by atoms with Crippen LogP contribution in [0.5, 0.6) is 0 Å². The highest BCUT2D eigenvalue weighted by Gasteiger charge is 2.41. The first-order chi connectivity index (χ1) is 16.4. The third-order valence-electron chi connectivity index (χ3n) is 6.24. The van der Waals surface area contributed by atoms with Gasteiger partial charge in [0.15, 0.2) is 5.11 Å². The molecular weight excluding hydrogens is 485 g/mol. The van der Waals surface area contributed by atoms with Crippen molar-refractivity contribution in [2.45, 2.75) is 32.5 Å². The minimum atomic E-state index is -0.0924. The Morgan fingerprint density at radius 3 is 2.50 bits per heavy atom. The lowest BCUT2D eigenvalue weighted by atomic mass is 9.96. The highest BCUT2D eigenvalue weighted by Crippen LogP contribution is 2.42. The zero-order valence-electron chi connectivity index (χ0n) is 18.7. The number of nitrogens with zero attached hydrogens (tertiary/aromatic N) is 4. The summed E-state index contributed by atoms with van der Waals surface area (Å²) in [6.07, 6.45) is 5.43. The predicted molar refractivity (Wildman–Crippen MR) is 140 cm³/mol. The molecule has 8 heteroatoms. The molecule has 0 radical (unpaired) electrons. The van der Waals surface area contributed by atoms with Crippen LogP contribution in [0.3, 0.4) is 0 Å². The summed E-state index contributed by atoms with van der Waals surface area (Å²) in [6, 6.07) is 17.7. The van der Waals surface area contributed by atoms with Gasteiger partial charge in [-0.05, 0) is 85.7 Å². The summed E-state index contributed by atoms with van der Waals surface area (Å²) in [7, 11) is 0. The monoisotopic (exact) mass is 507 g/mol. The molecule has 0 bridgehead atoms. The molecule has 1 aliphatic rings. The summed E-state index contributed by atoms with van der Waals surface area (Å²) < 4.78 is 2.18. The fourth-order valence-corrected chi connectivity index (χ4v) is 5.52. The van der Waals surface area contributed by atoms with E-state index in [1.54, 1.807) is 6.07 Å². The van der Waals surface area contributed by atoms with E-state index < -0.39 is 0 Å². The van der Waals surface area contributed by atoms with Gasteiger partial charge in [0.25, 0.3) is 0 Å². The van der Waals surface area contributed by atoms with Gasteiger partial charge in [-0.1, -0.05) is 29.3 Å². The van der Waals surface area contributed by atoms with Crippen molar-refractivity contribution >= 4 is 40.5 Å². The average Bonchev–Trinajstić information content (AvgIpc) is 3.30. The number of halogens is 2. The molecule has 2 atom stereocenters. The SMILES string of the molecule is Cc1cc([C@H]2[C@@H](c3ccccn3)NC(=S)N2Cc2ccncc2)c(C)n1-c1ccc(Cl)cc1Cl. The van der Waals surface area contributed by atoms with E-state index in [1.165, 1.54) is 5.56 Å². The van der Waals surface area contributed by atoms with Gasteiger partial charge in [-0.2, -0.15) is 0 Å². The number of aromatic nitrogens is 3. The van der Waals surface area contributed by atoms with Crippen molar-refractivity contribution in [1.82, 2.24) is 24.8 Å². The molecule has 0 aliphatic carbocycles. The Kier molecular flexibility index (Phi) is 6.30. The van der Waals surface area contributed by atoms with Crippen molar-refractivity contribution in [3.05, 3.63) is 111 Å². The molecule has 4 heterocycles. The number of benzene rings is 1. The summed E-state index contributed by atoms with van der Waals surface area (Å²) >= 11 is 18.6. The van der Waals surface area contributed by atoms with E-state index in [9.17, 15) is 0 Å². The van der Waals surface area contributed by atoms with E-state index in [4.69, 9.17) is 35.4 Å². The number of pyridine rings is 2. The van der Waals surface area contributed by atoms with Crippen LogP contribution < -0.4 is 5.32 Å². The highest BCUT2D eigenvalue weighted by atomic mass is 35.5. The van der Waals surface area contributed by atoms with E-state index in [0.29, 0.717) is 21.7 Å². The molecule has 1 aliphatic heterocycles. The van der Waals surface area contributed by atoms with Crippen LogP contribution in [0.15, 0.2) is 73.2 Å². The normalized spacial score (nSPS) is 17.8. The number of nitrogens with one attached hydrogen (secondary N) is 1. The molecule has 1 saturated heterocycles. The topological polar surface area (TPSA) is 46.0 Å². The summed E-state index contributed by atoms with van der Waals surface area (Å²) in [5, 5.41) is 5.45. The second-order valence-corrected chi connectivity index (χ2v) is 9.60. The number of aryl methyl sites for hydroxylation is 1. The first kappa shape index (κ1) is 22.8. The van der Waals surface area contributed by atoms with Gasteiger partial charge in [0.2, 0.25) is 0 Å². The molecule has 0 unspecified atom stereocenters. The molecule has 1 fully saturated rings. The van der Waals surface area contributed by atoms with Gasteiger partial charge in [-0.15, -0.1) is 0 Å². The maximum atomic E-state index is 6.60. The van der Waals surface area contributed by atoms with Crippen molar-refractivity contribution in [2.75, 3.05) is 0 Å². The van der Waals surface area contributed by atoms with Crippen LogP contribution >= 0.6 is 35.4 Å². The van der Waals surface area contributed by atoms with Crippen LogP contribution in [-0.4, -0.2) is 24.5 Å². The van der Waals surface area contributed by atoms with Crippen molar-refractivity contribution in [2.24, 2.45) is 0 Å². The smallest absolute Gasteiger partial charge is 0.170 e. The molecule has 0 amide bonds. The minimum Gasteiger partial charge on any atom is -0.352 e. The lowest BCUT2D eigenvalue weighted by molar-refractivity contribution is 0.310. The van der Waals surface area contributed by atoms with E-state index in [1.807, 2.05) is 61.1 Å². The van der Waals surface area contributed by atoms with Gasteiger partial charge in [0.05, 0.1) is 28.5 Å². The first-order valence-corrected chi connectivity index (χ1v) is 12.1. The Bertz CT molecular complexity index is 1340. The Balaban J connectivity index is 1.63. The Labute approximate surface area is 214 Å². The fraction of sp³-hybridized carbons (Fsp3) is 0.192. The number of hydrogen-bond donors (Lipinski definition) is 1. The van der Waals surface area contributed by atoms with Crippen LogP contribution in [0.2, 0.25) is 10.0 Å². The van der Waals surface area contributed by atoms with Gasteiger partial charge in [-0.3, -0.25) is 9.97 Å². The van der Waals surface area contributed by atoms with Crippen molar-refractivity contribution in [3.63, 3.8) is 0 Å². The van der Waals surface area contributed by atoms with Gasteiger partial charge >= 0.3 is 0 Å². The zero-order valence-corrected chi connectivity index (χ0v) is 21.1. The quantitative estimate of drug-likeness (QED) is 0.318. The summed E-state index contributed by atoms with van der Waals surface area (Å²) in [5.74, 6) is 0. The Morgan fingerprint density at radius 2 is 1.79 bits per heavy atom. The molecule has 0 saturated carbocycles. The highest BCUT2D eigenvalue weighted by molar-refractivity contribution is 7.80. The molecule has 1 aromatic carbocycles. The van der Waals surface area contributed by atoms with Crippen molar-refractivity contribution in [1.29, 1.82) is 0 Å². The van der Waals surface area contributed by atoms with Crippen molar-refractivity contribution < 1.29 is 0 Å². The number of thiocarbonyl (C=S) groups is 1. The van der Waals surface area contributed by atoms with E-state index in [0.717, 1.165) is 28.3 Å². The molecule has 0 spiro atoms. The summed E-state index contributed by atoms with van der Waals surface area (Å²) in [5.41, 5.74) is 6.33. The number of hydrogen-bond acceptors (Lipinski definition) is 3. The molecule has 1 N–H and O–H groups in total. The second-order valence-electron chi connectivity index (χ2n) is 8.37. The van der Waals surface area contributed by atoms with Crippen LogP contribution in [0, 0.1) is 13.8 Å². The molecular formula is C26H23Cl2N5S. The maximum Gasteiger partial charge on any atom is 0.170 e. The molecule has 3 aromatic heterocycles. The van der Waals surface area contributed by atoms with Gasteiger partial charge < -0.3 is 14.8 Å². The summed E-state index contributed by atoms with van der Waals surface area (Å²) in [6.45, 7) is 4.87. The fourth-order valence-electron chi connectivity index (χ4n) is 4.72. The lowest BCUT2D eigenvalue weighted by Crippen LogP contribution is -2.29. The zero-order chi connectivity index (χ0) is 23.8. The van der Waals surface area contributed by atoms with Crippen molar-refractivity contribution in [3.8, 4) is 5.69 Å². The van der Waals surface area contributed by atoms with E-state index >= 15 is 0 Å². The third kappa shape index (κ3) is 4.17. The molecule has 5 nitrogen and oxygen atoms in total. The van der Waals surface area contributed by atoms with Crippen LogP contribution in [0.1, 0.15) is 40.3 Å². The summed E-state index contributed by atoms with van der Waals surface area (Å²) in [4.78, 5) is 11.0. The largest absolute Gasteiger partial charge is 0.352 e. The maximum absolute atomic E-state index is 6.60. The van der Waals surface area contributed by atoms with E-state index in [2.05, 4.69) is 44.7 Å². The Morgan fingerprint density at radius 1 is 1.00 bits per heavy atom. The van der Waals surface area contributed by atoms with Crippen LogP contribution in [-0.2, 0) is 6.54 Å². The minimum absolute atomic E-state index is 0.0541. The first-order valence-electron chi connectivity index (χ1n) is 11.0. The standard InChI is InChI=1S/C26H23Cl2N5S/c1-16-13-20(17(2)33(16)23-7-6-19(27)14-21(23)28)25-24(22-5-3-4-10-30-22)31-26(34)32(25)15-18-8-11-29-12-9-18/h3-14,24-25H,15H2,1-2H3,(H,31,34)/t24-,25+/m1/s1. The molecule has 34 heavy (non-hydrogen) atoms. The average molecular weight is 508 g/mol. The Hall–Kier alpha value is -2.93. The predicted octanol–water partition coefficient (Wildman–Crippen LogP) is 6.36. The molecule has 5 rings (SSSR count). The lowest BCUT2D eigenvalue weighted by Gasteiger charge is -2.28. The molecule has 172 valence electrons. The van der Waals surface area contributed by atoms with Gasteiger partial charge in [0.1, 0.15) is 0 Å². The number of rotatable bonds is 5.